The maximum Gasteiger partial charge on any atom is 0.129 e. The molecule has 0 fully saturated rings. The molecule has 2 aromatic rings. The summed E-state index contributed by atoms with van der Waals surface area (Å²) < 4.78 is 28.1. The van der Waals surface area contributed by atoms with E-state index in [4.69, 9.17) is 0 Å². The predicted octanol–water partition coefficient (Wildman–Crippen LogP) is 3.63. The van der Waals surface area contributed by atoms with Crippen molar-refractivity contribution < 1.29 is 8.78 Å². The molecule has 0 saturated carbocycles. The third-order valence-corrected chi connectivity index (χ3v) is 3.38. The molecular formula is C14H13BrF2N2. The average Bonchev–Trinajstić information content (AvgIpc) is 2.38. The lowest BCUT2D eigenvalue weighted by molar-refractivity contribution is 0.514. The molecule has 1 aromatic carbocycles. The molecule has 100 valence electrons. The van der Waals surface area contributed by atoms with Gasteiger partial charge in [-0.25, -0.2) is 8.78 Å². The minimum atomic E-state index is -0.525. The van der Waals surface area contributed by atoms with E-state index in [0.717, 1.165) is 10.0 Å². The molecule has 2 nitrogen and oxygen atoms in total. The highest BCUT2D eigenvalue weighted by molar-refractivity contribution is 9.10. The van der Waals surface area contributed by atoms with E-state index in [0.29, 0.717) is 0 Å². The summed E-state index contributed by atoms with van der Waals surface area (Å²) in [7, 11) is 1.75. The van der Waals surface area contributed by atoms with Gasteiger partial charge < -0.3 is 5.32 Å². The number of likely N-dealkylation sites (N-methyl/N-ethyl adjacent to an activating group) is 1. The van der Waals surface area contributed by atoms with Crippen molar-refractivity contribution in [1.29, 1.82) is 0 Å². The first kappa shape index (κ1) is 14.1. The summed E-state index contributed by atoms with van der Waals surface area (Å²) in [5, 5.41) is 3.05. The van der Waals surface area contributed by atoms with Crippen molar-refractivity contribution in [1.82, 2.24) is 10.3 Å². The molecule has 0 bridgehead atoms. The summed E-state index contributed by atoms with van der Waals surface area (Å²) >= 11 is 3.34. The van der Waals surface area contributed by atoms with Gasteiger partial charge in [-0.05, 0) is 53.2 Å². The van der Waals surface area contributed by atoms with E-state index < -0.39 is 11.6 Å². The molecule has 5 heteroatoms. The molecule has 0 aliphatic carbocycles. The van der Waals surface area contributed by atoms with Crippen LogP contribution in [0.25, 0.3) is 0 Å². The SMILES string of the molecule is CNC(Cc1c(F)cccc1F)c1cncc(Br)c1. The Morgan fingerprint density at radius 2 is 1.95 bits per heavy atom. The Morgan fingerprint density at radius 1 is 1.26 bits per heavy atom. The summed E-state index contributed by atoms with van der Waals surface area (Å²) in [5.74, 6) is -1.05. The number of halogens is 3. The Labute approximate surface area is 119 Å². The largest absolute Gasteiger partial charge is 0.313 e. The van der Waals surface area contributed by atoms with Gasteiger partial charge >= 0.3 is 0 Å². The van der Waals surface area contributed by atoms with E-state index in [-0.39, 0.29) is 18.0 Å². The van der Waals surface area contributed by atoms with Crippen LogP contribution in [0.4, 0.5) is 8.78 Å². The minimum absolute atomic E-state index is 0.0850. The van der Waals surface area contributed by atoms with Crippen LogP contribution >= 0.6 is 15.9 Å². The summed E-state index contributed by atoms with van der Waals surface area (Å²) in [6.45, 7) is 0. The van der Waals surface area contributed by atoms with Gasteiger partial charge in [-0.1, -0.05) is 6.07 Å². The zero-order valence-electron chi connectivity index (χ0n) is 10.3. The standard InChI is InChI=1S/C14H13BrF2N2/c1-18-14(9-5-10(15)8-19-7-9)6-11-12(16)3-2-4-13(11)17/h2-5,7-8,14,18H,6H2,1H3. The smallest absolute Gasteiger partial charge is 0.129 e. The van der Waals surface area contributed by atoms with Crippen molar-refractivity contribution in [2.75, 3.05) is 7.05 Å². The van der Waals surface area contributed by atoms with Gasteiger partial charge in [-0.3, -0.25) is 4.98 Å². The lowest BCUT2D eigenvalue weighted by atomic mass is 9.99. The number of benzene rings is 1. The fourth-order valence-corrected chi connectivity index (χ4v) is 2.32. The third kappa shape index (κ3) is 3.36. The average molecular weight is 327 g/mol. The first-order chi connectivity index (χ1) is 9.11. The first-order valence-electron chi connectivity index (χ1n) is 5.82. The van der Waals surface area contributed by atoms with Crippen LogP contribution in [0.2, 0.25) is 0 Å². The topological polar surface area (TPSA) is 24.9 Å². The van der Waals surface area contributed by atoms with Gasteiger partial charge in [0.25, 0.3) is 0 Å². The lowest BCUT2D eigenvalue weighted by Gasteiger charge is -2.17. The van der Waals surface area contributed by atoms with Crippen molar-refractivity contribution in [3.8, 4) is 0 Å². The first-order valence-corrected chi connectivity index (χ1v) is 6.61. The zero-order valence-corrected chi connectivity index (χ0v) is 11.9. The highest BCUT2D eigenvalue weighted by Crippen LogP contribution is 2.23. The fourth-order valence-electron chi connectivity index (χ4n) is 1.94. The number of pyridine rings is 1. The number of nitrogens with one attached hydrogen (secondary N) is 1. The van der Waals surface area contributed by atoms with Crippen LogP contribution in [0.5, 0.6) is 0 Å². The molecule has 2 rings (SSSR count). The highest BCUT2D eigenvalue weighted by Gasteiger charge is 2.16. The van der Waals surface area contributed by atoms with Crippen molar-refractivity contribution in [2.45, 2.75) is 12.5 Å². The highest BCUT2D eigenvalue weighted by atomic mass is 79.9. The molecule has 19 heavy (non-hydrogen) atoms. The van der Waals surface area contributed by atoms with Gasteiger partial charge in [0.15, 0.2) is 0 Å². The second-order valence-corrected chi connectivity index (χ2v) is 5.10. The summed E-state index contributed by atoms with van der Waals surface area (Å²) in [6, 6.07) is 5.58. The molecule has 0 aliphatic heterocycles. The number of nitrogens with zero attached hydrogens (tertiary/aromatic N) is 1. The molecule has 1 heterocycles. The lowest BCUT2D eigenvalue weighted by Crippen LogP contribution is -2.20. The van der Waals surface area contributed by atoms with Crippen molar-refractivity contribution in [3.63, 3.8) is 0 Å². The van der Waals surface area contributed by atoms with Crippen LogP contribution < -0.4 is 5.32 Å². The third-order valence-electron chi connectivity index (χ3n) is 2.95. The van der Waals surface area contributed by atoms with Crippen LogP contribution in [0.1, 0.15) is 17.2 Å². The Bertz CT molecular complexity index is 555. The van der Waals surface area contributed by atoms with E-state index >= 15 is 0 Å². The van der Waals surface area contributed by atoms with Gasteiger partial charge in [-0.15, -0.1) is 0 Å². The minimum Gasteiger partial charge on any atom is -0.313 e. The molecule has 0 saturated heterocycles. The molecule has 0 amide bonds. The van der Waals surface area contributed by atoms with Gasteiger partial charge in [0.1, 0.15) is 11.6 Å². The Kier molecular flexibility index (Phi) is 4.61. The molecular weight excluding hydrogens is 314 g/mol. The van der Waals surface area contributed by atoms with Crippen molar-refractivity contribution >= 4 is 15.9 Å². The van der Waals surface area contributed by atoms with Crippen LogP contribution in [-0.4, -0.2) is 12.0 Å². The normalized spacial score (nSPS) is 12.4. The van der Waals surface area contributed by atoms with Crippen LogP contribution in [0.15, 0.2) is 41.1 Å². The van der Waals surface area contributed by atoms with Gasteiger partial charge in [0.05, 0.1) is 0 Å². The van der Waals surface area contributed by atoms with Gasteiger partial charge in [0.2, 0.25) is 0 Å². The van der Waals surface area contributed by atoms with Gasteiger partial charge in [0, 0.05) is 28.5 Å². The van der Waals surface area contributed by atoms with Crippen molar-refractivity contribution in [2.24, 2.45) is 0 Å². The molecule has 1 atom stereocenters. The van der Waals surface area contributed by atoms with E-state index in [1.54, 1.807) is 19.4 Å². The van der Waals surface area contributed by atoms with E-state index in [1.165, 1.54) is 18.2 Å². The molecule has 0 radical (unpaired) electrons. The maximum atomic E-state index is 13.6. The number of aromatic nitrogens is 1. The van der Waals surface area contributed by atoms with Gasteiger partial charge in [-0.2, -0.15) is 0 Å². The van der Waals surface area contributed by atoms with E-state index in [2.05, 4.69) is 26.2 Å². The molecule has 1 unspecified atom stereocenters. The van der Waals surface area contributed by atoms with Crippen LogP contribution in [0, 0.1) is 11.6 Å². The fraction of sp³-hybridized carbons (Fsp3) is 0.214. The van der Waals surface area contributed by atoms with E-state index in [9.17, 15) is 8.78 Å². The molecule has 1 N–H and O–H groups in total. The number of rotatable bonds is 4. The molecule has 1 aromatic heterocycles. The van der Waals surface area contributed by atoms with Crippen molar-refractivity contribution in [3.05, 3.63) is 63.9 Å². The predicted molar refractivity (Wildman–Crippen MR) is 73.8 cm³/mol. The molecule has 0 aliphatic rings. The monoisotopic (exact) mass is 326 g/mol. The Hall–Kier alpha value is -1.33. The summed E-state index contributed by atoms with van der Waals surface area (Å²) in [6.07, 6.45) is 3.58. The Morgan fingerprint density at radius 3 is 2.53 bits per heavy atom. The molecule has 0 spiro atoms. The van der Waals surface area contributed by atoms with Crippen LogP contribution in [-0.2, 0) is 6.42 Å². The maximum absolute atomic E-state index is 13.6. The quantitative estimate of drug-likeness (QED) is 0.928. The second kappa shape index (κ2) is 6.21. The number of hydrogen-bond acceptors (Lipinski definition) is 2. The summed E-state index contributed by atoms with van der Waals surface area (Å²) in [4.78, 5) is 4.07. The van der Waals surface area contributed by atoms with E-state index in [1.807, 2.05) is 6.07 Å². The number of hydrogen-bond donors (Lipinski definition) is 1. The second-order valence-electron chi connectivity index (χ2n) is 4.18. The zero-order chi connectivity index (χ0) is 13.8. The Balaban J connectivity index is 2.29. The van der Waals surface area contributed by atoms with Crippen LogP contribution in [0.3, 0.4) is 0 Å². The summed E-state index contributed by atoms with van der Waals surface area (Å²) in [5.41, 5.74) is 0.960.